The van der Waals surface area contributed by atoms with Crippen LogP contribution in [0.2, 0.25) is 0 Å². The molecule has 1 saturated heterocycles. The van der Waals surface area contributed by atoms with Crippen LogP contribution in [0.4, 0.5) is 24.5 Å². The maximum Gasteiger partial charge on any atom is 0.416 e. The number of hydrogen-bond donors (Lipinski definition) is 1. The number of nitrogens with zero attached hydrogens (tertiary/aromatic N) is 2. The molecule has 1 heterocycles. The summed E-state index contributed by atoms with van der Waals surface area (Å²) in [6, 6.07) is 6.82. The Balaban J connectivity index is 1.69. The van der Waals surface area contributed by atoms with E-state index in [1.54, 1.807) is 0 Å². The summed E-state index contributed by atoms with van der Waals surface area (Å²) in [6.07, 6.45) is -3.11. The van der Waals surface area contributed by atoms with Crippen LogP contribution in [0.15, 0.2) is 47.4 Å². The molecule has 0 bridgehead atoms. The molecular formula is C19H18F3N3O6S. The first kappa shape index (κ1) is 23.5. The molecule has 0 radical (unpaired) electrons. The molecule has 1 amide bonds. The topological polar surface area (TPSA) is 119 Å². The number of anilines is 1. The van der Waals surface area contributed by atoms with Crippen molar-refractivity contribution in [2.45, 2.75) is 23.9 Å². The van der Waals surface area contributed by atoms with E-state index in [9.17, 15) is 36.5 Å². The molecule has 2 aromatic rings. The monoisotopic (exact) mass is 473 g/mol. The molecule has 2 aromatic carbocycles. The molecule has 172 valence electrons. The van der Waals surface area contributed by atoms with E-state index >= 15 is 0 Å². The van der Waals surface area contributed by atoms with E-state index in [-0.39, 0.29) is 16.3 Å². The van der Waals surface area contributed by atoms with Gasteiger partial charge in [0.1, 0.15) is 0 Å². The molecule has 1 fully saturated rings. The largest absolute Gasteiger partial charge is 0.477 e. The number of rotatable bonds is 7. The summed E-state index contributed by atoms with van der Waals surface area (Å²) in [5.41, 5.74) is -1.44. The van der Waals surface area contributed by atoms with Crippen LogP contribution >= 0.6 is 0 Å². The number of hydrogen-bond acceptors (Lipinski definition) is 6. The molecule has 0 saturated carbocycles. The summed E-state index contributed by atoms with van der Waals surface area (Å²) in [4.78, 5) is 22.3. The van der Waals surface area contributed by atoms with Gasteiger partial charge in [-0.3, -0.25) is 14.9 Å². The van der Waals surface area contributed by atoms with Crippen molar-refractivity contribution in [1.29, 1.82) is 0 Å². The van der Waals surface area contributed by atoms with Gasteiger partial charge in [0.15, 0.2) is 12.4 Å². The van der Waals surface area contributed by atoms with Crippen molar-refractivity contribution in [2.75, 3.05) is 25.0 Å². The number of benzene rings is 2. The van der Waals surface area contributed by atoms with Gasteiger partial charge in [-0.25, -0.2) is 8.42 Å². The van der Waals surface area contributed by atoms with Gasteiger partial charge in [-0.2, -0.15) is 17.5 Å². The summed E-state index contributed by atoms with van der Waals surface area (Å²) in [5, 5.41) is 13.7. The second kappa shape index (κ2) is 9.12. The number of nitrogens with one attached hydrogen (secondary N) is 1. The van der Waals surface area contributed by atoms with E-state index in [4.69, 9.17) is 4.74 Å². The third kappa shape index (κ3) is 5.34. The first-order valence-corrected chi connectivity index (χ1v) is 10.8. The predicted molar refractivity (Wildman–Crippen MR) is 107 cm³/mol. The van der Waals surface area contributed by atoms with Crippen molar-refractivity contribution >= 4 is 27.3 Å². The molecule has 0 aliphatic carbocycles. The SMILES string of the molecule is O=C(COc1ccc(S(=O)(=O)N2CCCC2)cc1[N+](=O)[O-])Nc1ccc(C(F)(F)F)cc1. The molecule has 9 nitrogen and oxygen atoms in total. The van der Waals surface area contributed by atoms with Crippen molar-refractivity contribution in [3.63, 3.8) is 0 Å². The van der Waals surface area contributed by atoms with E-state index in [0.29, 0.717) is 25.9 Å². The van der Waals surface area contributed by atoms with Crippen LogP contribution in [0.5, 0.6) is 5.75 Å². The molecule has 3 rings (SSSR count). The number of carbonyl (C=O) groups is 1. The molecule has 1 aliphatic rings. The summed E-state index contributed by atoms with van der Waals surface area (Å²) in [6.45, 7) is -0.0168. The van der Waals surface area contributed by atoms with Gasteiger partial charge in [-0.1, -0.05) is 0 Å². The molecule has 0 aromatic heterocycles. The number of nitro benzene ring substituents is 1. The van der Waals surface area contributed by atoms with Crippen LogP contribution in [-0.2, 0) is 21.0 Å². The highest BCUT2D eigenvalue weighted by Crippen LogP contribution is 2.32. The second-order valence-electron chi connectivity index (χ2n) is 6.91. The molecular weight excluding hydrogens is 455 g/mol. The lowest BCUT2D eigenvalue weighted by Crippen LogP contribution is -2.28. The lowest BCUT2D eigenvalue weighted by Gasteiger charge is -2.16. The number of amides is 1. The molecule has 32 heavy (non-hydrogen) atoms. The fraction of sp³-hybridized carbons (Fsp3) is 0.316. The molecule has 0 spiro atoms. The molecule has 1 N–H and O–H groups in total. The molecule has 0 atom stereocenters. The number of halogens is 3. The van der Waals surface area contributed by atoms with Crippen LogP contribution in [0.1, 0.15) is 18.4 Å². The van der Waals surface area contributed by atoms with Gasteiger partial charge in [0.25, 0.3) is 5.91 Å². The van der Waals surface area contributed by atoms with Gasteiger partial charge >= 0.3 is 11.9 Å². The highest BCUT2D eigenvalue weighted by molar-refractivity contribution is 7.89. The zero-order valence-corrected chi connectivity index (χ0v) is 17.3. The third-order valence-electron chi connectivity index (χ3n) is 4.68. The standard InChI is InChI=1S/C19H18F3N3O6S/c20-19(21,22)13-3-5-14(6-4-13)23-18(26)12-31-17-8-7-15(11-16(17)25(27)28)32(29,30)24-9-1-2-10-24/h3-8,11H,1-2,9-10,12H2,(H,23,26). The number of nitro groups is 1. The first-order valence-electron chi connectivity index (χ1n) is 9.37. The first-order chi connectivity index (χ1) is 15.0. The van der Waals surface area contributed by atoms with Crippen molar-refractivity contribution in [3.05, 3.63) is 58.1 Å². The van der Waals surface area contributed by atoms with Crippen LogP contribution < -0.4 is 10.1 Å². The Hall–Kier alpha value is -3.19. The third-order valence-corrected chi connectivity index (χ3v) is 6.58. The second-order valence-corrected chi connectivity index (χ2v) is 8.85. The van der Waals surface area contributed by atoms with Crippen LogP contribution in [0.25, 0.3) is 0 Å². The Kier molecular flexibility index (Phi) is 6.69. The summed E-state index contributed by atoms with van der Waals surface area (Å²) >= 11 is 0. The summed E-state index contributed by atoms with van der Waals surface area (Å²) in [5.74, 6) is -1.09. The Bertz CT molecular complexity index is 1110. The zero-order valence-electron chi connectivity index (χ0n) is 16.5. The number of carbonyl (C=O) groups excluding carboxylic acids is 1. The Morgan fingerprint density at radius 3 is 2.31 bits per heavy atom. The van der Waals surface area contributed by atoms with E-state index < -0.39 is 44.9 Å². The predicted octanol–water partition coefficient (Wildman–Crippen LogP) is 3.42. The van der Waals surface area contributed by atoms with Crippen LogP contribution in [0.3, 0.4) is 0 Å². The highest BCUT2D eigenvalue weighted by Gasteiger charge is 2.31. The van der Waals surface area contributed by atoms with Gasteiger partial charge in [0.05, 0.1) is 15.4 Å². The van der Waals surface area contributed by atoms with Crippen molar-refractivity contribution < 1.29 is 36.0 Å². The minimum Gasteiger partial charge on any atom is -0.477 e. The zero-order chi connectivity index (χ0) is 23.5. The van der Waals surface area contributed by atoms with Crippen molar-refractivity contribution in [2.24, 2.45) is 0 Å². The maximum atomic E-state index is 12.6. The summed E-state index contributed by atoms with van der Waals surface area (Å²) in [7, 11) is -3.88. The molecule has 1 aliphatic heterocycles. The number of sulfonamides is 1. The maximum absolute atomic E-state index is 12.6. The van der Waals surface area contributed by atoms with E-state index in [1.807, 2.05) is 0 Å². The Morgan fingerprint density at radius 2 is 1.75 bits per heavy atom. The quantitative estimate of drug-likeness (QED) is 0.486. The lowest BCUT2D eigenvalue weighted by molar-refractivity contribution is -0.386. The van der Waals surface area contributed by atoms with Gasteiger partial charge in [-0.05, 0) is 49.2 Å². The average Bonchev–Trinajstić information content (AvgIpc) is 3.27. The van der Waals surface area contributed by atoms with Crippen molar-refractivity contribution in [1.82, 2.24) is 4.31 Å². The fourth-order valence-corrected chi connectivity index (χ4v) is 4.62. The van der Waals surface area contributed by atoms with Gasteiger partial charge < -0.3 is 10.1 Å². The van der Waals surface area contributed by atoms with Crippen LogP contribution in [-0.4, -0.2) is 43.2 Å². The minimum absolute atomic E-state index is 0.0770. The number of alkyl halides is 3. The highest BCUT2D eigenvalue weighted by atomic mass is 32.2. The lowest BCUT2D eigenvalue weighted by atomic mass is 10.2. The fourth-order valence-electron chi connectivity index (χ4n) is 3.08. The van der Waals surface area contributed by atoms with E-state index in [1.165, 1.54) is 4.31 Å². The van der Waals surface area contributed by atoms with Gasteiger partial charge in [-0.15, -0.1) is 0 Å². The van der Waals surface area contributed by atoms with Gasteiger partial charge in [0.2, 0.25) is 10.0 Å². The number of ether oxygens (including phenoxy) is 1. The average molecular weight is 473 g/mol. The van der Waals surface area contributed by atoms with Crippen LogP contribution in [0, 0.1) is 10.1 Å². The Labute approximate surface area is 181 Å². The van der Waals surface area contributed by atoms with Gasteiger partial charge in [0, 0.05) is 24.8 Å². The molecule has 13 heteroatoms. The summed E-state index contributed by atoms with van der Waals surface area (Å²) < 4.78 is 69.4. The van der Waals surface area contributed by atoms with E-state index in [2.05, 4.69) is 5.32 Å². The normalized spacial score (nSPS) is 14.8. The minimum atomic E-state index is -4.51. The molecule has 0 unspecified atom stereocenters. The smallest absolute Gasteiger partial charge is 0.416 e. The van der Waals surface area contributed by atoms with E-state index in [0.717, 1.165) is 42.5 Å². The van der Waals surface area contributed by atoms with Crippen molar-refractivity contribution in [3.8, 4) is 5.75 Å². The Morgan fingerprint density at radius 1 is 1.12 bits per heavy atom.